The van der Waals surface area contributed by atoms with E-state index in [1.54, 1.807) is 12.1 Å². The van der Waals surface area contributed by atoms with Crippen LogP contribution in [0.25, 0.3) is 0 Å². The number of nitrogens with zero attached hydrogens (tertiary/aromatic N) is 2. The highest BCUT2D eigenvalue weighted by Gasteiger charge is 2.14. The van der Waals surface area contributed by atoms with Gasteiger partial charge in [0.05, 0.1) is 6.54 Å². The highest BCUT2D eigenvalue weighted by atomic mass is 19.1. The number of carbonyl (C=O) groups excluding carboxylic acids is 1. The first-order valence-electron chi connectivity index (χ1n) is 7.27. The second-order valence-corrected chi connectivity index (χ2v) is 5.47. The Balaban J connectivity index is 0.000000161. The predicted molar refractivity (Wildman–Crippen MR) is 79.6 cm³/mol. The molecule has 0 aliphatic carbocycles. The highest BCUT2D eigenvalue weighted by molar-refractivity contribution is 5.50. The Morgan fingerprint density at radius 1 is 1.29 bits per heavy atom. The van der Waals surface area contributed by atoms with Crippen LogP contribution >= 0.6 is 0 Å². The number of hydrogen-bond donors (Lipinski definition) is 0. The topological polar surface area (TPSA) is 41.9 Å². The van der Waals surface area contributed by atoms with Crippen molar-refractivity contribution < 1.29 is 13.9 Å². The minimum Gasteiger partial charge on any atom is -0.474 e. The summed E-state index contributed by atoms with van der Waals surface area (Å²) in [5, 5.41) is 0. The molecule has 2 aliphatic heterocycles. The lowest BCUT2D eigenvalue weighted by Crippen LogP contribution is -2.31. The molecule has 5 heteroatoms. The molecule has 1 saturated heterocycles. The molecule has 1 aromatic rings. The van der Waals surface area contributed by atoms with Gasteiger partial charge in [-0.2, -0.15) is 0 Å². The summed E-state index contributed by atoms with van der Waals surface area (Å²) in [6.07, 6.45) is 4.72. The second kappa shape index (κ2) is 7.76. The van der Waals surface area contributed by atoms with E-state index in [0.29, 0.717) is 6.54 Å². The predicted octanol–water partition coefficient (Wildman–Crippen LogP) is 2.80. The molecule has 0 spiro atoms. The number of likely N-dealkylation sites (tertiary alicyclic amines) is 1. The molecular weight excluding hydrogens is 271 g/mol. The zero-order chi connectivity index (χ0) is 15.1. The third kappa shape index (κ3) is 4.85. The molecule has 0 radical (unpaired) electrons. The van der Waals surface area contributed by atoms with Crippen molar-refractivity contribution in [2.24, 2.45) is 10.9 Å². The lowest BCUT2D eigenvalue weighted by atomic mass is 10.00. The van der Waals surface area contributed by atoms with E-state index in [4.69, 9.17) is 4.74 Å². The molecule has 4 nitrogen and oxygen atoms in total. The minimum absolute atomic E-state index is 0.0226. The molecule has 1 unspecified atom stereocenters. The number of hydrogen-bond acceptors (Lipinski definition) is 3. The van der Waals surface area contributed by atoms with Crippen LogP contribution in [0.5, 0.6) is 0 Å². The quantitative estimate of drug-likeness (QED) is 0.787. The summed E-state index contributed by atoms with van der Waals surface area (Å²) in [6.45, 7) is 4.79. The standard InChI is InChI=1S/C9H8FNO.C7H13NO/c10-8-3-1-7(2-4-8)9-5-11-6-12-9;1-7-2-4-8(6-9)5-3-7/h1-4,6,9H,5H2;6-7H,2-5H2,1H3. The van der Waals surface area contributed by atoms with Gasteiger partial charge in [-0.3, -0.25) is 9.79 Å². The maximum atomic E-state index is 12.5. The van der Waals surface area contributed by atoms with Crippen molar-refractivity contribution in [3.8, 4) is 0 Å². The van der Waals surface area contributed by atoms with Crippen molar-refractivity contribution >= 4 is 12.8 Å². The zero-order valence-electron chi connectivity index (χ0n) is 12.2. The molecule has 0 saturated carbocycles. The summed E-state index contributed by atoms with van der Waals surface area (Å²) in [4.78, 5) is 16.0. The van der Waals surface area contributed by atoms with Crippen LogP contribution < -0.4 is 0 Å². The SMILES string of the molecule is CC1CCN(C=O)CC1.Fc1ccc(C2CN=CO2)cc1. The van der Waals surface area contributed by atoms with Crippen LogP contribution in [0, 0.1) is 11.7 Å². The molecule has 21 heavy (non-hydrogen) atoms. The van der Waals surface area contributed by atoms with Crippen LogP contribution in [0.1, 0.15) is 31.4 Å². The first kappa shape index (κ1) is 15.5. The third-order valence-electron chi connectivity index (χ3n) is 3.78. The van der Waals surface area contributed by atoms with E-state index < -0.39 is 0 Å². The van der Waals surface area contributed by atoms with Gasteiger partial charge in [0.2, 0.25) is 6.41 Å². The Hall–Kier alpha value is -1.91. The van der Waals surface area contributed by atoms with E-state index in [0.717, 1.165) is 31.0 Å². The van der Waals surface area contributed by atoms with E-state index in [9.17, 15) is 9.18 Å². The van der Waals surface area contributed by atoms with E-state index in [1.165, 1.54) is 31.4 Å². The fraction of sp³-hybridized carbons (Fsp3) is 0.500. The molecule has 1 aromatic carbocycles. The lowest BCUT2D eigenvalue weighted by molar-refractivity contribution is -0.119. The number of halogens is 1. The zero-order valence-corrected chi connectivity index (χ0v) is 12.2. The van der Waals surface area contributed by atoms with Crippen LogP contribution in [0.15, 0.2) is 29.3 Å². The first-order chi connectivity index (χ1) is 10.2. The molecule has 2 aliphatic rings. The number of rotatable bonds is 2. The molecule has 114 valence electrons. The van der Waals surface area contributed by atoms with Crippen molar-refractivity contribution in [1.82, 2.24) is 4.90 Å². The van der Waals surface area contributed by atoms with Crippen LogP contribution in [-0.2, 0) is 9.53 Å². The highest BCUT2D eigenvalue weighted by Crippen LogP contribution is 2.20. The fourth-order valence-corrected chi connectivity index (χ4v) is 2.29. The first-order valence-corrected chi connectivity index (χ1v) is 7.27. The number of benzene rings is 1. The van der Waals surface area contributed by atoms with Crippen LogP contribution in [-0.4, -0.2) is 37.3 Å². The molecule has 2 heterocycles. The summed E-state index contributed by atoms with van der Waals surface area (Å²) in [7, 11) is 0. The molecule has 1 amide bonds. The van der Waals surface area contributed by atoms with Crippen molar-refractivity contribution in [3.05, 3.63) is 35.6 Å². The van der Waals surface area contributed by atoms with Gasteiger partial charge in [-0.05, 0) is 36.5 Å². The smallest absolute Gasteiger partial charge is 0.209 e. The summed E-state index contributed by atoms with van der Waals surface area (Å²) in [5.74, 6) is 0.596. The fourth-order valence-electron chi connectivity index (χ4n) is 2.29. The average Bonchev–Trinajstić information content (AvgIpc) is 3.04. The Kier molecular flexibility index (Phi) is 5.72. The Morgan fingerprint density at radius 3 is 2.48 bits per heavy atom. The van der Waals surface area contributed by atoms with Gasteiger partial charge in [0.25, 0.3) is 0 Å². The van der Waals surface area contributed by atoms with Crippen molar-refractivity contribution in [3.63, 3.8) is 0 Å². The largest absolute Gasteiger partial charge is 0.474 e. The average molecular weight is 292 g/mol. The van der Waals surface area contributed by atoms with E-state index in [-0.39, 0.29) is 11.9 Å². The molecule has 1 fully saturated rings. The Morgan fingerprint density at radius 2 is 1.95 bits per heavy atom. The van der Waals surface area contributed by atoms with Crippen molar-refractivity contribution in [2.75, 3.05) is 19.6 Å². The molecule has 0 aromatic heterocycles. The van der Waals surface area contributed by atoms with Crippen LogP contribution in [0.3, 0.4) is 0 Å². The van der Waals surface area contributed by atoms with E-state index >= 15 is 0 Å². The van der Waals surface area contributed by atoms with Crippen LogP contribution in [0.2, 0.25) is 0 Å². The number of aliphatic imine (C=N–C) groups is 1. The molecular formula is C16H21FN2O2. The Labute approximate surface area is 124 Å². The summed E-state index contributed by atoms with van der Waals surface area (Å²) in [5.41, 5.74) is 0.967. The van der Waals surface area contributed by atoms with Gasteiger partial charge >= 0.3 is 0 Å². The van der Waals surface area contributed by atoms with Gasteiger partial charge in [0, 0.05) is 13.1 Å². The van der Waals surface area contributed by atoms with Gasteiger partial charge < -0.3 is 9.64 Å². The number of ether oxygens (including phenoxy) is 1. The third-order valence-corrected chi connectivity index (χ3v) is 3.78. The van der Waals surface area contributed by atoms with E-state index in [2.05, 4.69) is 11.9 Å². The van der Waals surface area contributed by atoms with Gasteiger partial charge in [-0.1, -0.05) is 19.1 Å². The minimum atomic E-state index is -0.224. The summed E-state index contributed by atoms with van der Waals surface area (Å²) >= 11 is 0. The normalized spacial score (nSPS) is 21.4. The van der Waals surface area contributed by atoms with Gasteiger partial charge in [0.15, 0.2) is 6.40 Å². The van der Waals surface area contributed by atoms with Gasteiger partial charge in [0.1, 0.15) is 11.9 Å². The van der Waals surface area contributed by atoms with Crippen LogP contribution in [0.4, 0.5) is 4.39 Å². The molecule has 3 rings (SSSR count). The molecule has 0 N–H and O–H groups in total. The van der Waals surface area contributed by atoms with E-state index in [1.807, 2.05) is 4.90 Å². The summed E-state index contributed by atoms with van der Waals surface area (Å²) < 4.78 is 17.7. The number of carbonyl (C=O) groups is 1. The number of piperidine rings is 1. The maximum Gasteiger partial charge on any atom is 0.209 e. The Bertz CT molecular complexity index is 460. The lowest BCUT2D eigenvalue weighted by Gasteiger charge is -2.26. The monoisotopic (exact) mass is 292 g/mol. The molecule has 0 bridgehead atoms. The van der Waals surface area contributed by atoms with Crippen molar-refractivity contribution in [1.29, 1.82) is 0 Å². The second-order valence-electron chi connectivity index (χ2n) is 5.47. The maximum absolute atomic E-state index is 12.5. The molecule has 1 atom stereocenters. The van der Waals surface area contributed by atoms with Gasteiger partial charge in [-0.15, -0.1) is 0 Å². The van der Waals surface area contributed by atoms with Crippen molar-refractivity contribution in [2.45, 2.75) is 25.9 Å². The number of amides is 1. The summed E-state index contributed by atoms with van der Waals surface area (Å²) in [6, 6.07) is 6.29. The van der Waals surface area contributed by atoms with Gasteiger partial charge in [-0.25, -0.2) is 4.39 Å².